The summed E-state index contributed by atoms with van der Waals surface area (Å²) < 4.78 is 10.7. The van der Waals surface area contributed by atoms with Gasteiger partial charge in [-0.25, -0.2) is 4.79 Å². The Morgan fingerprint density at radius 3 is 2.81 bits per heavy atom. The molecule has 1 fully saturated rings. The summed E-state index contributed by atoms with van der Waals surface area (Å²) in [4.78, 5) is 11.1. The van der Waals surface area contributed by atoms with Crippen molar-refractivity contribution in [1.82, 2.24) is 5.32 Å². The first-order valence-electron chi connectivity index (χ1n) is 5.11. The number of rotatable bonds is 2. The lowest BCUT2D eigenvalue weighted by molar-refractivity contribution is -0.0440. The third-order valence-corrected chi connectivity index (χ3v) is 2.27. The zero-order valence-electron chi connectivity index (χ0n) is 9.03. The first-order chi connectivity index (χ1) is 7.79. The number of nitrogens with one attached hydrogen (secondary N) is 2. The fraction of sp³-hybridized carbons (Fsp3) is 0.364. The summed E-state index contributed by atoms with van der Waals surface area (Å²) in [5.74, 6) is 0. The second kappa shape index (κ2) is 4.96. The number of hydrogen-bond acceptors (Lipinski definition) is 3. The summed E-state index contributed by atoms with van der Waals surface area (Å²) in [7, 11) is 1.57. The standard InChI is InChI=1S/C11H14N2O3/c1-12-11(14)13-9-4-2-3-8(7-9)10-15-5-6-16-10/h2-4,7,10H,5-6H2,1H3,(H2,12,13,14). The van der Waals surface area contributed by atoms with Crippen molar-refractivity contribution in [3.05, 3.63) is 29.8 Å². The molecule has 0 bridgehead atoms. The monoisotopic (exact) mass is 222 g/mol. The molecular formula is C11H14N2O3. The number of carbonyl (C=O) groups excluding carboxylic acids is 1. The molecule has 0 spiro atoms. The van der Waals surface area contributed by atoms with Gasteiger partial charge >= 0.3 is 6.03 Å². The van der Waals surface area contributed by atoms with Crippen molar-refractivity contribution in [2.24, 2.45) is 0 Å². The Morgan fingerprint density at radius 1 is 1.38 bits per heavy atom. The van der Waals surface area contributed by atoms with Crippen LogP contribution < -0.4 is 10.6 Å². The Kier molecular flexibility index (Phi) is 3.38. The number of amides is 2. The second-order valence-corrected chi connectivity index (χ2v) is 3.40. The molecule has 0 aliphatic carbocycles. The lowest BCUT2D eigenvalue weighted by atomic mass is 10.2. The highest BCUT2D eigenvalue weighted by Crippen LogP contribution is 2.25. The van der Waals surface area contributed by atoms with E-state index in [0.29, 0.717) is 13.2 Å². The Morgan fingerprint density at radius 2 is 2.12 bits per heavy atom. The molecule has 1 aromatic rings. The Bertz CT molecular complexity index is 375. The molecule has 0 saturated carbocycles. The van der Waals surface area contributed by atoms with Gasteiger partial charge in [-0.3, -0.25) is 0 Å². The number of benzene rings is 1. The van der Waals surface area contributed by atoms with Crippen LogP contribution in [0.4, 0.5) is 10.5 Å². The van der Waals surface area contributed by atoms with Crippen molar-refractivity contribution in [2.45, 2.75) is 6.29 Å². The summed E-state index contributed by atoms with van der Waals surface area (Å²) in [5.41, 5.74) is 1.63. The van der Waals surface area contributed by atoms with Crippen molar-refractivity contribution in [3.8, 4) is 0 Å². The highest BCUT2D eigenvalue weighted by molar-refractivity contribution is 5.89. The molecule has 5 nitrogen and oxygen atoms in total. The highest BCUT2D eigenvalue weighted by Gasteiger charge is 2.18. The van der Waals surface area contributed by atoms with E-state index in [0.717, 1.165) is 11.3 Å². The Balaban J connectivity index is 2.09. The fourth-order valence-electron chi connectivity index (χ4n) is 1.51. The van der Waals surface area contributed by atoms with E-state index in [1.807, 2.05) is 24.3 Å². The van der Waals surface area contributed by atoms with Crippen molar-refractivity contribution < 1.29 is 14.3 Å². The maximum Gasteiger partial charge on any atom is 0.318 e. The molecule has 1 aromatic carbocycles. The first kappa shape index (κ1) is 10.9. The molecule has 5 heteroatoms. The van der Waals surface area contributed by atoms with Crippen LogP contribution in [0.25, 0.3) is 0 Å². The van der Waals surface area contributed by atoms with Crippen LogP contribution >= 0.6 is 0 Å². The van der Waals surface area contributed by atoms with Crippen LogP contribution in [0.5, 0.6) is 0 Å². The summed E-state index contributed by atoms with van der Waals surface area (Å²) >= 11 is 0. The maximum absolute atomic E-state index is 11.1. The van der Waals surface area contributed by atoms with Crippen LogP contribution in [0.1, 0.15) is 11.9 Å². The van der Waals surface area contributed by atoms with Crippen molar-refractivity contribution in [2.75, 3.05) is 25.6 Å². The van der Waals surface area contributed by atoms with E-state index in [1.54, 1.807) is 7.05 Å². The summed E-state index contributed by atoms with van der Waals surface area (Å²) in [6, 6.07) is 7.17. The maximum atomic E-state index is 11.1. The number of hydrogen-bond donors (Lipinski definition) is 2. The minimum absolute atomic E-state index is 0.245. The average molecular weight is 222 g/mol. The quantitative estimate of drug-likeness (QED) is 0.796. The van der Waals surface area contributed by atoms with E-state index in [1.165, 1.54) is 0 Å². The van der Waals surface area contributed by atoms with Gasteiger partial charge in [-0.1, -0.05) is 12.1 Å². The summed E-state index contributed by atoms with van der Waals surface area (Å²) in [6.07, 6.45) is -0.313. The molecule has 1 saturated heterocycles. The van der Waals surface area contributed by atoms with E-state index in [2.05, 4.69) is 10.6 Å². The van der Waals surface area contributed by atoms with Gasteiger partial charge in [0, 0.05) is 18.3 Å². The molecule has 0 unspecified atom stereocenters. The van der Waals surface area contributed by atoms with Crippen molar-refractivity contribution >= 4 is 11.7 Å². The predicted octanol–water partition coefficient (Wildman–Crippen LogP) is 1.48. The van der Waals surface area contributed by atoms with Gasteiger partial charge in [-0.05, 0) is 12.1 Å². The van der Waals surface area contributed by atoms with Crippen molar-refractivity contribution in [1.29, 1.82) is 0 Å². The topological polar surface area (TPSA) is 59.6 Å². The molecule has 1 aliphatic heterocycles. The zero-order chi connectivity index (χ0) is 11.4. The van der Waals surface area contributed by atoms with E-state index in [4.69, 9.17) is 9.47 Å². The minimum atomic E-state index is -0.313. The average Bonchev–Trinajstić information content (AvgIpc) is 2.83. The lowest BCUT2D eigenvalue weighted by Gasteiger charge is -2.11. The van der Waals surface area contributed by atoms with E-state index >= 15 is 0 Å². The van der Waals surface area contributed by atoms with E-state index in [9.17, 15) is 4.79 Å². The van der Waals surface area contributed by atoms with Gasteiger partial charge < -0.3 is 20.1 Å². The third-order valence-electron chi connectivity index (χ3n) is 2.27. The summed E-state index contributed by atoms with van der Waals surface area (Å²) in [5, 5.41) is 5.18. The van der Waals surface area contributed by atoms with Gasteiger partial charge in [0.25, 0.3) is 0 Å². The molecule has 86 valence electrons. The van der Waals surface area contributed by atoms with E-state index in [-0.39, 0.29) is 12.3 Å². The SMILES string of the molecule is CNC(=O)Nc1cccc(C2OCCO2)c1. The molecule has 2 rings (SSSR count). The Labute approximate surface area is 93.7 Å². The molecule has 0 radical (unpaired) electrons. The fourth-order valence-corrected chi connectivity index (χ4v) is 1.51. The van der Waals surface area contributed by atoms with Crippen LogP contribution in [0.3, 0.4) is 0 Å². The smallest absolute Gasteiger partial charge is 0.318 e. The molecule has 16 heavy (non-hydrogen) atoms. The minimum Gasteiger partial charge on any atom is -0.346 e. The van der Waals surface area contributed by atoms with Gasteiger partial charge in [0.2, 0.25) is 0 Å². The van der Waals surface area contributed by atoms with Crippen LogP contribution in [0.2, 0.25) is 0 Å². The Hall–Kier alpha value is -1.59. The zero-order valence-corrected chi connectivity index (χ0v) is 9.03. The van der Waals surface area contributed by atoms with E-state index < -0.39 is 0 Å². The van der Waals surface area contributed by atoms with Crippen molar-refractivity contribution in [3.63, 3.8) is 0 Å². The molecule has 2 amide bonds. The highest BCUT2D eigenvalue weighted by atomic mass is 16.7. The number of urea groups is 1. The third kappa shape index (κ3) is 2.50. The molecule has 1 aliphatic rings. The van der Waals surface area contributed by atoms with Gasteiger partial charge in [-0.15, -0.1) is 0 Å². The normalized spacial score (nSPS) is 16.1. The van der Waals surface area contributed by atoms with Gasteiger partial charge in [-0.2, -0.15) is 0 Å². The number of anilines is 1. The van der Waals surface area contributed by atoms with Gasteiger partial charge in [0.05, 0.1) is 13.2 Å². The summed E-state index contributed by atoms with van der Waals surface area (Å²) in [6.45, 7) is 1.22. The van der Waals surface area contributed by atoms with Gasteiger partial charge in [0.1, 0.15) is 0 Å². The number of carbonyl (C=O) groups is 1. The molecule has 0 aromatic heterocycles. The lowest BCUT2D eigenvalue weighted by Crippen LogP contribution is -2.24. The van der Waals surface area contributed by atoms with Crippen LogP contribution in [0, 0.1) is 0 Å². The first-order valence-corrected chi connectivity index (χ1v) is 5.11. The van der Waals surface area contributed by atoms with Crippen LogP contribution in [-0.2, 0) is 9.47 Å². The number of ether oxygens (including phenoxy) is 2. The predicted molar refractivity (Wildman–Crippen MR) is 59.2 cm³/mol. The second-order valence-electron chi connectivity index (χ2n) is 3.40. The van der Waals surface area contributed by atoms with Gasteiger partial charge in [0.15, 0.2) is 6.29 Å². The van der Waals surface area contributed by atoms with Crippen LogP contribution in [0.15, 0.2) is 24.3 Å². The molecule has 1 heterocycles. The van der Waals surface area contributed by atoms with Crippen LogP contribution in [-0.4, -0.2) is 26.3 Å². The molecular weight excluding hydrogens is 208 g/mol. The largest absolute Gasteiger partial charge is 0.346 e. The molecule has 2 N–H and O–H groups in total. The molecule has 0 atom stereocenters.